The number of carbonyl (C=O) groups excluding carboxylic acids is 2. The quantitative estimate of drug-likeness (QED) is 0.269. The molecule has 1 saturated carbocycles. The summed E-state index contributed by atoms with van der Waals surface area (Å²) in [5, 5.41) is 9.01. The lowest BCUT2D eigenvalue weighted by Crippen LogP contribution is -2.40. The number of pyridine rings is 1. The maximum atomic E-state index is 13.1. The highest BCUT2D eigenvalue weighted by Gasteiger charge is 2.41. The number of rotatable bonds is 9. The fourth-order valence-electron chi connectivity index (χ4n) is 4.73. The first kappa shape index (κ1) is 31.7. The maximum Gasteiger partial charge on any atom is 0.391 e. The molecule has 0 radical (unpaired) electrons. The zero-order valence-electron chi connectivity index (χ0n) is 22.4. The van der Waals surface area contributed by atoms with Crippen LogP contribution in [0.3, 0.4) is 0 Å². The molecule has 2 aromatic rings. The smallest absolute Gasteiger partial charge is 0.391 e. The Morgan fingerprint density at radius 1 is 1.14 bits per heavy atom. The van der Waals surface area contributed by atoms with Crippen LogP contribution in [0.5, 0.6) is 5.88 Å². The number of alkyl halides is 5. The third-order valence-corrected chi connectivity index (χ3v) is 7.74. The fourth-order valence-corrected chi connectivity index (χ4v) is 5.26. The van der Waals surface area contributed by atoms with Crippen molar-refractivity contribution in [2.24, 2.45) is 10.9 Å². The second-order valence-electron chi connectivity index (χ2n) is 9.98. The summed E-state index contributed by atoms with van der Waals surface area (Å²) in [6.07, 6.45) is -6.66. The van der Waals surface area contributed by atoms with E-state index in [9.17, 15) is 31.5 Å². The van der Waals surface area contributed by atoms with Crippen molar-refractivity contribution < 1.29 is 36.3 Å². The lowest BCUT2D eigenvalue weighted by atomic mass is 9.85. The summed E-state index contributed by atoms with van der Waals surface area (Å²) in [6, 6.07) is 4.17. The number of anilines is 1. The average molecular weight is 636 g/mol. The largest absolute Gasteiger partial charge is 0.471 e. The van der Waals surface area contributed by atoms with E-state index in [1.807, 2.05) is 0 Å². The van der Waals surface area contributed by atoms with Crippen LogP contribution in [0.15, 0.2) is 23.2 Å². The number of amidine groups is 1. The highest BCUT2D eigenvalue weighted by molar-refractivity contribution is 6.40. The van der Waals surface area contributed by atoms with Crippen molar-refractivity contribution >= 4 is 52.4 Å². The van der Waals surface area contributed by atoms with Crippen LogP contribution in [0.4, 0.5) is 33.5 Å². The minimum absolute atomic E-state index is 0.119. The molecule has 4 rings (SSSR count). The summed E-state index contributed by atoms with van der Waals surface area (Å²) >= 11 is 12.9. The van der Waals surface area contributed by atoms with E-state index in [1.165, 1.54) is 6.07 Å². The topological polar surface area (TPSA) is 105 Å². The van der Waals surface area contributed by atoms with Crippen LogP contribution in [0.25, 0.3) is 0 Å². The van der Waals surface area contributed by atoms with Crippen LogP contribution in [-0.4, -0.2) is 47.9 Å². The Labute approximate surface area is 248 Å². The van der Waals surface area contributed by atoms with E-state index in [-0.39, 0.29) is 71.9 Å². The molecule has 0 unspecified atom stereocenters. The first-order chi connectivity index (χ1) is 19.8. The molecule has 0 spiro atoms. The SMILES string of the molecule is CCC(=O)NCc1ccc(Cl)c(NC2=Nc3nc(OCC(F)F)c(C(=O)NC4CCC(C(F)(F)F)CC4)cc3C2)c1Cl. The summed E-state index contributed by atoms with van der Waals surface area (Å²) in [5.74, 6) is -2.17. The number of halogens is 7. The van der Waals surface area contributed by atoms with Gasteiger partial charge in [-0.2, -0.15) is 18.2 Å². The fraction of sp³-hybridized carbons (Fsp3) is 0.481. The molecule has 0 atom stereocenters. The summed E-state index contributed by atoms with van der Waals surface area (Å²) in [6.45, 7) is 0.869. The van der Waals surface area contributed by atoms with E-state index >= 15 is 0 Å². The molecule has 2 amide bonds. The molecule has 2 heterocycles. The zero-order valence-corrected chi connectivity index (χ0v) is 23.9. The van der Waals surface area contributed by atoms with E-state index in [2.05, 4.69) is 25.9 Å². The standard InChI is InChI=1S/C27H28Cl2F5N5O3/c1-2-21(40)35-11-13-3-8-18(28)23(22(13)29)37-20-10-14-9-17(26(39-24(14)38-20)42-12-19(30)31)25(41)36-16-6-4-15(5-7-16)27(32,33)34/h3,8-9,15-16,19H,2,4-7,10-12H2,1H3,(H,35,40)(H,36,41)(H,37,38,39). The molecular formula is C27H28Cl2F5N5O3. The number of benzene rings is 1. The van der Waals surface area contributed by atoms with Gasteiger partial charge in [0.1, 0.15) is 11.4 Å². The van der Waals surface area contributed by atoms with Gasteiger partial charge in [0.2, 0.25) is 11.8 Å². The number of amides is 2. The van der Waals surface area contributed by atoms with Gasteiger partial charge in [0.25, 0.3) is 12.3 Å². The van der Waals surface area contributed by atoms with Crippen molar-refractivity contribution in [2.45, 2.75) is 70.6 Å². The zero-order chi connectivity index (χ0) is 30.6. The number of hydrogen-bond acceptors (Lipinski definition) is 6. The number of aliphatic imine (C=N–C) groups is 1. The van der Waals surface area contributed by atoms with Gasteiger partial charge in [-0.05, 0) is 43.4 Å². The molecule has 0 bridgehead atoms. The first-order valence-electron chi connectivity index (χ1n) is 13.3. The molecular weight excluding hydrogens is 608 g/mol. The number of aromatic nitrogens is 1. The van der Waals surface area contributed by atoms with Crippen LogP contribution in [0, 0.1) is 5.92 Å². The van der Waals surface area contributed by atoms with Gasteiger partial charge in [0, 0.05) is 31.0 Å². The molecule has 1 aliphatic carbocycles. The molecule has 1 aromatic carbocycles. The summed E-state index contributed by atoms with van der Waals surface area (Å²) in [5.41, 5.74) is 1.28. The van der Waals surface area contributed by atoms with Crippen LogP contribution in [0.1, 0.15) is 60.5 Å². The molecule has 228 valence electrons. The molecule has 1 aliphatic heterocycles. The Balaban J connectivity index is 1.51. The molecule has 2 aliphatic rings. The number of hydrogen-bond donors (Lipinski definition) is 3. The predicted molar refractivity (Wildman–Crippen MR) is 148 cm³/mol. The molecule has 42 heavy (non-hydrogen) atoms. The van der Waals surface area contributed by atoms with Gasteiger partial charge in [0.15, 0.2) is 12.4 Å². The van der Waals surface area contributed by atoms with E-state index in [4.69, 9.17) is 27.9 Å². The number of carbonyl (C=O) groups is 2. The van der Waals surface area contributed by atoms with Crippen molar-refractivity contribution in [3.63, 3.8) is 0 Å². The Morgan fingerprint density at radius 2 is 1.86 bits per heavy atom. The van der Waals surface area contributed by atoms with Crippen molar-refractivity contribution in [3.8, 4) is 5.88 Å². The minimum atomic E-state index is -4.29. The average Bonchev–Trinajstić information content (AvgIpc) is 3.34. The molecule has 0 saturated heterocycles. The van der Waals surface area contributed by atoms with Gasteiger partial charge >= 0.3 is 6.18 Å². The van der Waals surface area contributed by atoms with Gasteiger partial charge in [-0.15, -0.1) is 0 Å². The van der Waals surface area contributed by atoms with Gasteiger partial charge in [-0.1, -0.05) is 36.2 Å². The summed E-state index contributed by atoms with van der Waals surface area (Å²) < 4.78 is 70.0. The lowest BCUT2D eigenvalue weighted by Gasteiger charge is -2.30. The van der Waals surface area contributed by atoms with Crippen molar-refractivity contribution in [3.05, 3.63) is 44.9 Å². The summed E-state index contributed by atoms with van der Waals surface area (Å²) in [4.78, 5) is 33.4. The van der Waals surface area contributed by atoms with Gasteiger partial charge in [-0.3, -0.25) is 9.59 Å². The van der Waals surface area contributed by atoms with Crippen molar-refractivity contribution in [1.82, 2.24) is 15.6 Å². The van der Waals surface area contributed by atoms with Crippen LogP contribution in [0.2, 0.25) is 10.0 Å². The van der Waals surface area contributed by atoms with Gasteiger partial charge in [-0.25, -0.2) is 13.8 Å². The van der Waals surface area contributed by atoms with E-state index in [0.29, 0.717) is 29.1 Å². The third-order valence-electron chi connectivity index (χ3n) is 7.00. The Morgan fingerprint density at radius 3 is 2.50 bits per heavy atom. The molecule has 1 fully saturated rings. The Hall–Kier alpha value is -3.19. The first-order valence-corrected chi connectivity index (χ1v) is 14.0. The van der Waals surface area contributed by atoms with Crippen molar-refractivity contribution in [1.29, 1.82) is 0 Å². The highest BCUT2D eigenvalue weighted by atomic mass is 35.5. The maximum absolute atomic E-state index is 13.1. The normalized spacial score (nSPS) is 18.4. The van der Waals surface area contributed by atoms with Crippen LogP contribution >= 0.6 is 23.2 Å². The molecule has 15 heteroatoms. The summed E-state index contributed by atoms with van der Waals surface area (Å²) in [7, 11) is 0. The molecule has 1 aromatic heterocycles. The second kappa shape index (κ2) is 13.4. The van der Waals surface area contributed by atoms with E-state index in [0.717, 1.165) is 0 Å². The molecule has 8 nitrogen and oxygen atoms in total. The lowest BCUT2D eigenvalue weighted by molar-refractivity contribution is -0.182. The van der Waals surface area contributed by atoms with Crippen molar-refractivity contribution in [2.75, 3.05) is 11.9 Å². The Kier molecular flexibility index (Phi) is 10.1. The number of fused-ring (bicyclic) bond motifs is 1. The molecule has 3 N–H and O–H groups in total. The number of nitrogens with one attached hydrogen (secondary N) is 3. The highest BCUT2D eigenvalue weighted by Crippen LogP contribution is 2.38. The van der Waals surface area contributed by atoms with Gasteiger partial charge in [0.05, 0.1) is 21.7 Å². The van der Waals surface area contributed by atoms with E-state index in [1.54, 1.807) is 19.1 Å². The van der Waals surface area contributed by atoms with Gasteiger partial charge < -0.3 is 20.7 Å². The van der Waals surface area contributed by atoms with E-state index < -0.39 is 37.1 Å². The Bertz CT molecular complexity index is 1360. The number of ether oxygens (including phenoxy) is 1. The third kappa shape index (κ3) is 7.80. The van der Waals surface area contributed by atoms with Crippen LogP contribution in [-0.2, 0) is 17.8 Å². The van der Waals surface area contributed by atoms with Crippen LogP contribution < -0.4 is 20.7 Å². The predicted octanol–water partition coefficient (Wildman–Crippen LogP) is 6.61. The monoisotopic (exact) mass is 635 g/mol. The number of nitrogens with zero attached hydrogens (tertiary/aromatic N) is 2. The minimum Gasteiger partial charge on any atom is -0.471 e. The second-order valence-corrected chi connectivity index (χ2v) is 10.8.